The summed E-state index contributed by atoms with van der Waals surface area (Å²) in [6, 6.07) is 0. The van der Waals surface area contributed by atoms with Crippen LogP contribution >= 0.6 is 0 Å². The third-order valence-electron chi connectivity index (χ3n) is 6.99. The second-order valence-corrected chi connectivity index (χ2v) is 9.44. The molecule has 9 nitrogen and oxygen atoms in total. The molecule has 3 fully saturated rings. The van der Waals surface area contributed by atoms with Crippen molar-refractivity contribution in [2.45, 2.75) is 77.5 Å². The van der Waals surface area contributed by atoms with E-state index in [0.29, 0.717) is 0 Å². The van der Waals surface area contributed by atoms with Crippen LogP contribution in [0.1, 0.15) is 47.5 Å². The molecule has 1 N–H and O–H groups in total. The Morgan fingerprint density at radius 1 is 1.09 bits per heavy atom. The number of hydrogen-bond acceptors (Lipinski definition) is 9. The standard InChI is InChI=1S/C23H30O9/c1-10(2)20(26)31-16-15-11(3)21(27)32-17(15)19(30-13(5)25)23(7)14(29-12(4)24)8-9-22(6,28)18(16)23/h14-19,28H,1,3,8-9H2,2,4-7H3/t14-,15-,16-,17-,18+,19-,22-,23+/m1/s1. The number of ether oxygens (including phenoxy) is 4. The third kappa shape index (κ3) is 3.72. The number of fused-ring (bicyclic) bond motifs is 2. The molecule has 3 aliphatic rings. The van der Waals surface area contributed by atoms with Gasteiger partial charge in [0.25, 0.3) is 0 Å². The van der Waals surface area contributed by atoms with Crippen LogP contribution in [0.4, 0.5) is 0 Å². The SMILES string of the molecule is C=C(C)C(=O)O[C@@H]1[C@H]2C(=C)C(=O)O[C@H]2[C@@H](OC(C)=O)[C@]2(C)[C@@H]1[C@](C)(O)CC[C@H]2OC(C)=O. The molecular weight excluding hydrogens is 420 g/mol. The predicted molar refractivity (Wildman–Crippen MR) is 110 cm³/mol. The lowest BCUT2D eigenvalue weighted by atomic mass is 9.49. The topological polar surface area (TPSA) is 125 Å². The lowest BCUT2D eigenvalue weighted by Gasteiger charge is -2.61. The Labute approximate surface area is 186 Å². The molecule has 3 rings (SSSR count). The number of esters is 4. The Bertz CT molecular complexity index is 888. The van der Waals surface area contributed by atoms with E-state index in [1.165, 1.54) is 20.8 Å². The molecule has 1 saturated heterocycles. The van der Waals surface area contributed by atoms with Gasteiger partial charge in [-0.2, -0.15) is 0 Å². The van der Waals surface area contributed by atoms with Gasteiger partial charge in [0.1, 0.15) is 18.3 Å². The summed E-state index contributed by atoms with van der Waals surface area (Å²) in [5.74, 6) is -4.35. The van der Waals surface area contributed by atoms with E-state index in [0.717, 1.165) is 0 Å². The van der Waals surface area contributed by atoms with Gasteiger partial charge in [-0.25, -0.2) is 9.59 Å². The molecule has 0 unspecified atom stereocenters. The Kier molecular flexibility index (Phi) is 6.01. The van der Waals surface area contributed by atoms with Gasteiger partial charge in [0.2, 0.25) is 0 Å². The zero-order valence-corrected chi connectivity index (χ0v) is 19.0. The third-order valence-corrected chi connectivity index (χ3v) is 6.99. The monoisotopic (exact) mass is 450 g/mol. The fourth-order valence-corrected chi connectivity index (χ4v) is 5.76. The molecule has 176 valence electrons. The molecular formula is C23H30O9. The van der Waals surface area contributed by atoms with Crippen molar-refractivity contribution in [2.24, 2.45) is 17.3 Å². The summed E-state index contributed by atoms with van der Waals surface area (Å²) < 4.78 is 22.6. The van der Waals surface area contributed by atoms with E-state index in [-0.39, 0.29) is 24.0 Å². The largest absolute Gasteiger partial charge is 0.462 e. The van der Waals surface area contributed by atoms with Crippen molar-refractivity contribution in [3.05, 3.63) is 24.3 Å². The first-order valence-corrected chi connectivity index (χ1v) is 10.5. The number of hydrogen-bond donors (Lipinski definition) is 1. The first-order chi connectivity index (χ1) is 14.7. The van der Waals surface area contributed by atoms with Crippen LogP contribution in [0.3, 0.4) is 0 Å². The quantitative estimate of drug-likeness (QED) is 0.386. The minimum atomic E-state index is -1.42. The molecule has 0 aromatic heterocycles. The minimum Gasteiger partial charge on any atom is -0.462 e. The highest BCUT2D eigenvalue weighted by Gasteiger charge is 2.72. The first kappa shape index (κ1) is 24.0. The van der Waals surface area contributed by atoms with Crippen LogP contribution in [0.25, 0.3) is 0 Å². The smallest absolute Gasteiger partial charge is 0.334 e. The van der Waals surface area contributed by atoms with Crippen molar-refractivity contribution in [2.75, 3.05) is 0 Å². The molecule has 0 spiro atoms. The maximum Gasteiger partial charge on any atom is 0.334 e. The fourth-order valence-electron chi connectivity index (χ4n) is 5.76. The van der Waals surface area contributed by atoms with E-state index in [9.17, 15) is 24.3 Å². The summed E-state index contributed by atoms with van der Waals surface area (Å²) >= 11 is 0. The van der Waals surface area contributed by atoms with Crippen LogP contribution < -0.4 is 0 Å². The van der Waals surface area contributed by atoms with E-state index in [2.05, 4.69) is 13.2 Å². The van der Waals surface area contributed by atoms with Gasteiger partial charge < -0.3 is 24.1 Å². The second-order valence-electron chi connectivity index (χ2n) is 9.44. The summed E-state index contributed by atoms with van der Waals surface area (Å²) in [5.41, 5.74) is -2.47. The molecule has 2 saturated carbocycles. The Hall–Kier alpha value is -2.68. The van der Waals surface area contributed by atoms with Gasteiger partial charge in [0, 0.05) is 30.9 Å². The van der Waals surface area contributed by atoms with Crippen molar-refractivity contribution in [1.82, 2.24) is 0 Å². The highest BCUT2D eigenvalue weighted by Crippen LogP contribution is 2.60. The van der Waals surface area contributed by atoms with E-state index < -0.39 is 71.1 Å². The minimum absolute atomic E-state index is 0.0547. The molecule has 2 aliphatic carbocycles. The van der Waals surface area contributed by atoms with Crippen molar-refractivity contribution in [3.8, 4) is 0 Å². The average molecular weight is 450 g/mol. The van der Waals surface area contributed by atoms with Gasteiger partial charge in [-0.1, -0.05) is 20.1 Å². The Balaban J connectivity index is 2.24. The van der Waals surface area contributed by atoms with Crippen LogP contribution in [0.2, 0.25) is 0 Å². The van der Waals surface area contributed by atoms with Crippen molar-refractivity contribution >= 4 is 23.9 Å². The second kappa shape index (κ2) is 8.03. The molecule has 9 heteroatoms. The molecule has 8 atom stereocenters. The highest BCUT2D eigenvalue weighted by atomic mass is 16.6. The molecule has 0 amide bonds. The van der Waals surface area contributed by atoms with Gasteiger partial charge in [-0.05, 0) is 26.7 Å². The maximum atomic E-state index is 12.6. The number of aliphatic hydroxyl groups is 1. The zero-order valence-electron chi connectivity index (χ0n) is 19.0. The van der Waals surface area contributed by atoms with Gasteiger partial charge in [0.05, 0.1) is 16.9 Å². The zero-order chi connectivity index (χ0) is 24.2. The fraction of sp³-hybridized carbons (Fsp3) is 0.652. The van der Waals surface area contributed by atoms with Crippen LogP contribution in [0.5, 0.6) is 0 Å². The molecule has 32 heavy (non-hydrogen) atoms. The lowest BCUT2D eigenvalue weighted by molar-refractivity contribution is -0.279. The van der Waals surface area contributed by atoms with Crippen LogP contribution in [0.15, 0.2) is 24.3 Å². The maximum absolute atomic E-state index is 12.6. The summed E-state index contributed by atoms with van der Waals surface area (Å²) in [5, 5.41) is 11.5. The normalized spacial score (nSPS) is 40.4. The summed E-state index contributed by atoms with van der Waals surface area (Å²) in [4.78, 5) is 49.0. The van der Waals surface area contributed by atoms with Gasteiger partial charge in [-0.3, -0.25) is 9.59 Å². The van der Waals surface area contributed by atoms with E-state index in [4.69, 9.17) is 18.9 Å². The first-order valence-electron chi connectivity index (χ1n) is 10.5. The Morgan fingerprint density at radius 3 is 2.22 bits per heavy atom. The summed E-state index contributed by atoms with van der Waals surface area (Å²) in [7, 11) is 0. The van der Waals surface area contributed by atoms with Gasteiger partial charge >= 0.3 is 23.9 Å². The van der Waals surface area contributed by atoms with Crippen LogP contribution in [0, 0.1) is 17.3 Å². The predicted octanol–water partition coefficient (Wildman–Crippen LogP) is 1.62. The van der Waals surface area contributed by atoms with Crippen molar-refractivity contribution < 1.29 is 43.2 Å². The van der Waals surface area contributed by atoms with Crippen molar-refractivity contribution in [3.63, 3.8) is 0 Å². The van der Waals surface area contributed by atoms with Crippen LogP contribution in [-0.4, -0.2) is 59.0 Å². The van der Waals surface area contributed by atoms with Crippen LogP contribution in [-0.2, 0) is 38.1 Å². The number of carbonyl (C=O) groups is 4. The number of rotatable bonds is 4. The van der Waals surface area contributed by atoms with E-state index in [1.54, 1.807) is 13.8 Å². The average Bonchev–Trinajstić information content (AvgIpc) is 2.94. The van der Waals surface area contributed by atoms with Gasteiger partial charge in [-0.15, -0.1) is 0 Å². The van der Waals surface area contributed by atoms with E-state index in [1.807, 2.05) is 0 Å². The summed E-state index contributed by atoms with van der Waals surface area (Å²) in [6.45, 7) is 14.7. The Morgan fingerprint density at radius 2 is 1.69 bits per heavy atom. The molecule has 0 aromatic carbocycles. The summed E-state index contributed by atoms with van der Waals surface area (Å²) in [6.07, 6.45) is -3.48. The molecule has 0 aromatic rings. The molecule has 1 aliphatic heterocycles. The van der Waals surface area contributed by atoms with E-state index >= 15 is 0 Å². The lowest BCUT2D eigenvalue weighted by Crippen LogP contribution is -2.72. The number of carbonyl (C=O) groups excluding carboxylic acids is 4. The van der Waals surface area contributed by atoms with Gasteiger partial charge in [0.15, 0.2) is 6.10 Å². The van der Waals surface area contributed by atoms with Crippen molar-refractivity contribution in [1.29, 1.82) is 0 Å². The molecule has 0 bridgehead atoms. The molecule has 0 radical (unpaired) electrons. The highest BCUT2D eigenvalue weighted by molar-refractivity contribution is 5.92. The molecule has 1 heterocycles.